The van der Waals surface area contributed by atoms with E-state index in [1.807, 2.05) is 24.3 Å². The van der Waals surface area contributed by atoms with Crippen LogP contribution in [0.3, 0.4) is 0 Å². The molecule has 0 radical (unpaired) electrons. The van der Waals surface area contributed by atoms with E-state index in [2.05, 4.69) is 15.9 Å². The van der Waals surface area contributed by atoms with Gasteiger partial charge in [-0.25, -0.2) is 8.78 Å². The highest BCUT2D eigenvalue weighted by Gasteiger charge is 2.44. The standard InChI is InChI=1S/C21H17BrF2O5S/c22-13-21(19-8-6-16(23)10-20(19)24)27-11-17(29-21)12-28-30(25,26)18-7-5-14-3-1-2-4-15(14)9-18/h1-10,17H,11-13H2. The number of halogens is 3. The van der Waals surface area contributed by atoms with Gasteiger partial charge in [0.05, 0.1) is 23.4 Å². The number of rotatable bonds is 6. The first kappa shape index (κ1) is 21.3. The highest BCUT2D eigenvalue weighted by atomic mass is 79.9. The van der Waals surface area contributed by atoms with Crippen molar-refractivity contribution >= 4 is 36.8 Å². The van der Waals surface area contributed by atoms with E-state index in [1.54, 1.807) is 6.07 Å². The topological polar surface area (TPSA) is 61.8 Å². The molecule has 1 aliphatic heterocycles. The second-order valence-corrected chi connectivity index (χ2v) is 8.99. The van der Waals surface area contributed by atoms with E-state index in [-0.39, 0.29) is 29.0 Å². The molecule has 158 valence electrons. The molecule has 1 aliphatic rings. The molecule has 0 spiro atoms. The van der Waals surface area contributed by atoms with E-state index < -0.39 is 33.6 Å². The van der Waals surface area contributed by atoms with Crippen molar-refractivity contribution in [2.45, 2.75) is 16.8 Å². The average molecular weight is 499 g/mol. The molecule has 1 fully saturated rings. The summed E-state index contributed by atoms with van der Waals surface area (Å²) in [6.45, 7) is -0.331. The van der Waals surface area contributed by atoms with Crippen molar-refractivity contribution in [3.8, 4) is 0 Å². The minimum absolute atomic E-state index is 0.0145. The van der Waals surface area contributed by atoms with E-state index in [4.69, 9.17) is 13.7 Å². The quantitative estimate of drug-likeness (QED) is 0.370. The summed E-state index contributed by atoms with van der Waals surface area (Å²) in [7, 11) is -4.03. The van der Waals surface area contributed by atoms with Crippen molar-refractivity contribution < 1.29 is 30.9 Å². The average Bonchev–Trinajstić information content (AvgIpc) is 3.16. The number of ether oxygens (including phenoxy) is 2. The molecule has 3 aromatic carbocycles. The van der Waals surface area contributed by atoms with Gasteiger partial charge in [0.1, 0.15) is 17.7 Å². The minimum atomic E-state index is -4.03. The molecular weight excluding hydrogens is 482 g/mol. The van der Waals surface area contributed by atoms with Gasteiger partial charge in [-0.2, -0.15) is 8.42 Å². The first-order valence-corrected chi connectivity index (χ1v) is 11.6. The lowest BCUT2D eigenvalue weighted by atomic mass is 10.1. The molecule has 4 rings (SSSR count). The third-order valence-electron chi connectivity index (χ3n) is 4.80. The van der Waals surface area contributed by atoms with Gasteiger partial charge in [0, 0.05) is 11.6 Å². The van der Waals surface area contributed by atoms with Crippen LogP contribution in [0, 0.1) is 11.6 Å². The first-order valence-electron chi connectivity index (χ1n) is 9.04. The van der Waals surface area contributed by atoms with Crippen LogP contribution in [-0.4, -0.2) is 33.1 Å². The summed E-state index contributed by atoms with van der Waals surface area (Å²) in [6, 6.07) is 15.2. The Kier molecular flexibility index (Phi) is 5.91. The van der Waals surface area contributed by atoms with Crippen LogP contribution in [0.1, 0.15) is 5.56 Å². The predicted molar refractivity (Wildman–Crippen MR) is 110 cm³/mol. The largest absolute Gasteiger partial charge is 0.342 e. The maximum absolute atomic E-state index is 14.2. The van der Waals surface area contributed by atoms with Crippen molar-refractivity contribution in [3.63, 3.8) is 0 Å². The molecule has 5 nitrogen and oxygen atoms in total. The Balaban J connectivity index is 1.48. The zero-order valence-corrected chi connectivity index (χ0v) is 18.0. The van der Waals surface area contributed by atoms with Crippen LogP contribution in [0.4, 0.5) is 8.78 Å². The summed E-state index contributed by atoms with van der Waals surface area (Å²) in [4.78, 5) is 0.0245. The summed E-state index contributed by atoms with van der Waals surface area (Å²) < 4.78 is 69.2. The summed E-state index contributed by atoms with van der Waals surface area (Å²) in [5.41, 5.74) is 0.0145. The predicted octanol–water partition coefficient (Wildman–Crippen LogP) is 4.49. The molecule has 30 heavy (non-hydrogen) atoms. The van der Waals surface area contributed by atoms with E-state index in [0.717, 1.165) is 22.9 Å². The lowest BCUT2D eigenvalue weighted by molar-refractivity contribution is -0.161. The van der Waals surface area contributed by atoms with Crippen LogP contribution in [0.2, 0.25) is 0 Å². The van der Waals surface area contributed by atoms with Crippen LogP contribution >= 0.6 is 15.9 Å². The third-order valence-corrected chi connectivity index (χ3v) is 6.81. The van der Waals surface area contributed by atoms with E-state index in [1.165, 1.54) is 18.2 Å². The fourth-order valence-electron chi connectivity index (χ4n) is 3.29. The van der Waals surface area contributed by atoms with Crippen molar-refractivity contribution in [2.24, 2.45) is 0 Å². The van der Waals surface area contributed by atoms with E-state index in [9.17, 15) is 17.2 Å². The van der Waals surface area contributed by atoms with E-state index >= 15 is 0 Å². The monoisotopic (exact) mass is 498 g/mol. The van der Waals surface area contributed by atoms with Crippen molar-refractivity contribution in [1.82, 2.24) is 0 Å². The molecule has 0 saturated carbocycles. The zero-order valence-electron chi connectivity index (χ0n) is 15.6. The SMILES string of the molecule is O=S(=O)(OCC1COC(CBr)(c2ccc(F)cc2F)O1)c1ccc2ccccc2c1. The fraction of sp³-hybridized carbons (Fsp3) is 0.238. The number of fused-ring (bicyclic) bond motifs is 1. The van der Waals surface area contributed by atoms with E-state index in [0.29, 0.717) is 0 Å². The molecule has 0 N–H and O–H groups in total. The van der Waals surface area contributed by atoms with Gasteiger partial charge in [-0.05, 0) is 35.0 Å². The molecule has 2 atom stereocenters. The summed E-state index contributed by atoms with van der Waals surface area (Å²) in [5.74, 6) is -3.04. The zero-order chi connectivity index (χ0) is 21.4. The Bertz CT molecular complexity index is 1190. The lowest BCUT2D eigenvalue weighted by Gasteiger charge is -2.26. The Labute approximate surface area is 180 Å². The Morgan fingerprint density at radius 2 is 1.83 bits per heavy atom. The highest BCUT2D eigenvalue weighted by molar-refractivity contribution is 9.09. The van der Waals surface area contributed by atoms with Crippen molar-refractivity contribution in [3.05, 3.63) is 77.9 Å². The minimum Gasteiger partial charge on any atom is -0.342 e. The highest BCUT2D eigenvalue weighted by Crippen LogP contribution is 2.38. The second kappa shape index (κ2) is 8.32. The van der Waals surface area contributed by atoms with Crippen LogP contribution in [0.5, 0.6) is 0 Å². The van der Waals surface area contributed by atoms with Crippen LogP contribution in [-0.2, 0) is 29.6 Å². The van der Waals surface area contributed by atoms with Gasteiger partial charge < -0.3 is 9.47 Å². The number of hydrogen-bond acceptors (Lipinski definition) is 5. The van der Waals surface area contributed by atoms with Crippen LogP contribution in [0.25, 0.3) is 10.8 Å². The molecule has 0 aliphatic carbocycles. The summed E-state index contributed by atoms with van der Waals surface area (Å²) in [5, 5.41) is 1.75. The van der Waals surface area contributed by atoms with Gasteiger partial charge in [-0.3, -0.25) is 4.18 Å². The van der Waals surface area contributed by atoms with Gasteiger partial charge in [0.25, 0.3) is 10.1 Å². The maximum atomic E-state index is 14.2. The molecule has 1 saturated heterocycles. The van der Waals surface area contributed by atoms with Gasteiger partial charge in [-0.15, -0.1) is 0 Å². The van der Waals surface area contributed by atoms with Gasteiger partial charge >= 0.3 is 0 Å². The Morgan fingerprint density at radius 1 is 1.07 bits per heavy atom. The lowest BCUT2D eigenvalue weighted by Crippen LogP contribution is -2.32. The second-order valence-electron chi connectivity index (χ2n) is 6.81. The maximum Gasteiger partial charge on any atom is 0.297 e. The van der Waals surface area contributed by atoms with Crippen LogP contribution in [0.15, 0.2) is 65.6 Å². The number of benzene rings is 3. The molecule has 0 amide bonds. The molecule has 2 unspecified atom stereocenters. The number of hydrogen-bond donors (Lipinski definition) is 0. The molecule has 0 aromatic heterocycles. The van der Waals surface area contributed by atoms with Crippen molar-refractivity contribution in [2.75, 3.05) is 18.5 Å². The van der Waals surface area contributed by atoms with Gasteiger partial charge in [-0.1, -0.05) is 46.3 Å². The fourth-order valence-corrected chi connectivity index (χ4v) is 4.85. The van der Waals surface area contributed by atoms with Gasteiger partial charge in [0.2, 0.25) is 5.79 Å². The number of alkyl halides is 1. The first-order chi connectivity index (χ1) is 14.3. The molecule has 3 aromatic rings. The summed E-state index contributed by atoms with van der Waals surface area (Å²) >= 11 is 3.23. The van der Waals surface area contributed by atoms with Gasteiger partial charge in [0.15, 0.2) is 0 Å². The Hall–Kier alpha value is -1.91. The molecule has 9 heteroatoms. The molecule has 1 heterocycles. The molecular formula is C21H17BrF2O5S. The summed E-state index contributed by atoms with van der Waals surface area (Å²) in [6.07, 6.45) is -0.762. The molecule has 0 bridgehead atoms. The smallest absolute Gasteiger partial charge is 0.297 e. The normalized spacial score (nSPS) is 21.9. The third kappa shape index (κ3) is 4.13. The van der Waals surface area contributed by atoms with Crippen molar-refractivity contribution in [1.29, 1.82) is 0 Å². The van der Waals surface area contributed by atoms with Crippen LogP contribution < -0.4 is 0 Å². The Morgan fingerprint density at radius 3 is 2.57 bits per heavy atom.